The molecular weight excluding hydrogens is 302 g/mol. The second-order valence-electron chi connectivity index (χ2n) is 5.37. The SMILES string of the molecule is Cc1ccc(NC(=O)/C=C/c2ccccc2)c(NC(=O)CCN)c1. The third-order valence-corrected chi connectivity index (χ3v) is 3.31. The normalized spacial score (nSPS) is 10.6. The van der Waals surface area contributed by atoms with Gasteiger partial charge in [-0.05, 0) is 36.3 Å². The Morgan fingerprint density at radius 1 is 1.04 bits per heavy atom. The molecule has 0 spiro atoms. The van der Waals surface area contributed by atoms with Gasteiger partial charge in [0.1, 0.15) is 0 Å². The Morgan fingerprint density at radius 3 is 2.50 bits per heavy atom. The molecule has 0 aromatic heterocycles. The third-order valence-electron chi connectivity index (χ3n) is 3.31. The van der Waals surface area contributed by atoms with Crippen molar-refractivity contribution in [3.8, 4) is 0 Å². The minimum absolute atomic E-state index is 0.182. The van der Waals surface area contributed by atoms with Crippen molar-refractivity contribution in [1.82, 2.24) is 0 Å². The van der Waals surface area contributed by atoms with Gasteiger partial charge in [0.2, 0.25) is 11.8 Å². The minimum atomic E-state index is -0.267. The number of anilines is 2. The molecular formula is C19H21N3O2. The fraction of sp³-hybridized carbons (Fsp3) is 0.158. The number of hydrogen-bond donors (Lipinski definition) is 3. The van der Waals surface area contributed by atoms with Gasteiger partial charge in [-0.3, -0.25) is 9.59 Å². The molecule has 0 atom stereocenters. The zero-order chi connectivity index (χ0) is 17.4. The number of amides is 2. The van der Waals surface area contributed by atoms with Crippen LogP contribution in [-0.2, 0) is 9.59 Å². The molecule has 0 saturated heterocycles. The quantitative estimate of drug-likeness (QED) is 0.715. The van der Waals surface area contributed by atoms with Crippen LogP contribution < -0.4 is 16.4 Å². The lowest BCUT2D eigenvalue weighted by atomic mass is 10.1. The molecule has 0 heterocycles. The average molecular weight is 323 g/mol. The van der Waals surface area contributed by atoms with Crippen LogP contribution in [0.5, 0.6) is 0 Å². The number of rotatable bonds is 6. The van der Waals surface area contributed by atoms with Gasteiger partial charge in [0.25, 0.3) is 0 Å². The molecule has 0 aliphatic heterocycles. The number of nitrogens with two attached hydrogens (primary N) is 1. The molecule has 0 bridgehead atoms. The summed E-state index contributed by atoms with van der Waals surface area (Å²) in [6.07, 6.45) is 3.42. The summed E-state index contributed by atoms with van der Waals surface area (Å²) in [6, 6.07) is 15.0. The summed E-state index contributed by atoms with van der Waals surface area (Å²) >= 11 is 0. The van der Waals surface area contributed by atoms with E-state index in [4.69, 9.17) is 5.73 Å². The smallest absolute Gasteiger partial charge is 0.248 e. The van der Waals surface area contributed by atoms with Crippen LogP contribution in [-0.4, -0.2) is 18.4 Å². The first-order valence-electron chi connectivity index (χ1n) is 7.73. The summed E-state index contributed by atoms with van der Waals surface area (Å²) in [4.78, 5) is 23.9. The van der Waals surface area contributed by atoms with Gasteiger partial charge in [-0.2, -0.15) is 0 Å². The highest BCUT2D eigenvalue weighted by molar-refractivity contribution is 6.05. The number of aryl methyl sites for hydroxylation is 1. The van der Waals surface area contributed by atoms with Crippen LogP contribution in [0.25, 0.3) is 6.08 Å². The molecule has 0 unspecified atom stereocenters. The molecule has 0 saturated carbocycles. The first-order chi connectivity index (χ1) is 11.6. The van der Waals surface area contributed by atoms with E-state index in [1.807, 2.05) is 49.4 Å². The molecule has 0 radical (unpaired) electrons. The zero-order valence-corrected chi connectivity index (χ0v) is 13.6. The van der Waals surface area contributed by atoms with Crippen LogP contribution >= 0.6 is 0 Å². The number of carbonyl (C=O) groups is 2. The fourth-order valence-electron chi connectivity index (χ4n) is 2.12. The van der Waals surface area contributed by atoms with Crippen molar-refractivity contribution < 1.29 is 9.59 Å². The highest BCUT2D eigenvalue weighted by atomic mass is 16.2. The van der Waals surface area contributed by atoms with Crippen LogP contribution in [0.3, 0.4) is 0 Å². The van der Waals surface area contributed by atoms with Gasteiger partial charge >= 0.3 is 0 Å². The summed E-state index contributed by atoms with van der Waals surface area (Å²) < 4.78 is 0. The van der Waals surface area contributed by atoms with E-state index in [0.717, 1.165) is 11.1 Å². The van der Waals surface area contributed by atoms with E-state index < -0.39 is 0 Å². The molecule has 2 aromatic carbocycles. The monoisotopic (exact) mass is 323 g/mol. The van der Waals surface area contributed by atoms with E-state index in [9.17, 15) is 9.59 Å². The second kappa shape index (κ2) is 8.64. The first-order valence-corrected chi connectivity index (χ1v) is 7.73. The van der Waals surface area contributed by atoms with Gasteiger partial charge in [-0.25, -0.2) is 0 Å². The van der Waals surface area contributed by atoms with Crippen molar-refractivity contribution in [2.75, 3.05) is 17.2 Å². The lowest BCUT2D eigenvalue weighted by Crippen LogP contribution is -2.18. The molecule has 4 N–H and O–H groups in total. The van der Waals surface area contributed by atoms with E-state index in [2.05, 4.69) is 10.6 Å². The second-order valence-corrected chi connectivity index (χ2v) is 5.37. The van der Waals surface area contributed by atoms with Crippen molar-refractivity contribution in [3.05, 3.63) is 65.7 Å². The van der Waals surface area contributed by atoms with Crippen LogP contribution in [0.1, 0.15) is 17.5 Å². The molecule has 2 aromatic rings. The predicted octanol–water partition coefficient (Wildman–Crippen LogP) is 2.93. The highest BCUT2D eigenvalue weighted by Crippen LogP contribution is 2.23. The van der Waals surface area contributed by atoms with Crippen LogP contribution in [0.2, 0.25) is 0 Å². The van der Waals surface area contributed by atoms with E-state index in [1.54, 1.807) is 12.1 Å². The van der Waals surface area contributed by atoms with E-state index in [0.29, 0.717) is 11.4 Å². The summed E-state index contributed by atoms with van der Waals surface area (Å²) in [6.45, 7) is 2.19. The number of carbonyl (C=O) groups excluding carboxylic acids is 2. The van der Waals surface area contributed by atoms with Gasteiger partial charge in [-0.15, -0.1) is 0 Å². The van der Waals surface area contributed by atoms with Gasteiger partial charge in [0, 0.05) is 19.0 Å². The number of benzene rings is 2. The molecule has 2 rings (SSSR count). The maximum Gasteiger partial charge on any atom is 0.248 e. The summed E-state index contributed by atoms with van der Waals surface area (Å²) in [5.74, 6) is -0.449. The van der Waals surface area contributed by atoms with Crippen LogP contribution in [0.4, 0.5) is 11.4 Å². The minimum Gasteiger partial charge on any atom is -0.330 e. The summed E-state index contributed by atoms with van der Waals surface area (Å²) in [5.41, 5.74) is 8.42. The van der Waals surface area contributed by atoms with Gasteiger partial charge in [-0.1, -0.05) is 36.4 Å². The fourth-order valence-corrected chi connectivity index (χ4v) is 2.12. The summed E-state index contributed by atoms with van der Waals surface area (Å²) in [7, 11) is 0. The largest absolute Gasteiger partial charge is 0.330 e. The average Bonchev–Trinajstić information content (AvgIpc) is 2.56. The zero-order valence-electron chi connectivity index (χ0n) is 13.6. The lowest BCUT2D eigenvalue weighted by Gasteiger charge is -2.12. The first kappa shape index (κ1) is 17.4. The van der Waals surface area contributed by atoms with E-state index >= 15 is 0 Å². The molecule has 5 heteroatoms. The Morgan fingerprint density at radius 2 is 1.79 bits per heavy atom. The third kappa shape index (κ3) is 5.37. The van der Waals surface area contributed by atoms with E-state index in [1.165, 1.54) is 6.08 Å². The molecule has 0 aliphatic rings. The Balaban J connectivity index is 2.09. The van der Waals surface area contributed by atoms with Gasteiger partial charge in [0.05, 0.1) is 11.4 Å². The highest BCUT2D eigenvalue weighted by Gasteiger charge is 2.08. The van der Waals surface area contributed by atoms with Gasteiger partial charge < -0.3 is 16.4 Å². The van der Waals surface area contributed by atoms with Crippen molar-refractivity contribution in [2.24, 2.45) is 5.73 Å². The predicted molar refractivity (Wildman–Crippen MR) is 97.6 cm³/mol. The standard InChI is InChI=1S/C19H21N3O2/c1-14-7-9-16(17(13-14)22-19(24)11-12-20)21-18(23)10-8-15-5-3-2-4-6-15/h2-10,13H,11-12,20H2,1H3,(H,21,23)(H,22,24)/b10-8+. The Kier molecular flexibility index (Phi) is 6.28. The van der Waals surface area contributed by atoms with Crippen LogP contribution in [0, 0.1) is 6.92 Å². The topological polar surface area (TPSA) is 84.2 Å². The molecule has 2 amide bonds. The molecule has 0 fully saturated rings. The van der Waals surface area contributed by atoms with Crippen LogP contribution in [0.15, 0.2) is 54.6 Å². The van der Waals surface area contributed by atoms with Gasteiger partial charge in [0.15, 0.2) is 0 Å². The maximum absolute atomic E-state index is 12.1. The number of hydrogen-bond acceptors (Lipinski definition) is 3. The Hall–Kier alpha value is -2.92. The molecule has 124 valence electrons. The number of nitrogens with one attached hydrogen (secondary N) is 2. The lowest BCUT2D eigenvalue weighted by molar-refractivity contribution is -0.116. The van der Waals surface area contributed by atoms with Crippen molar-refractivity contribution in [1.29, 1.82) is 0 Å². The van der Waals surface area contributed by atoms with Crippen molar-refractivity contribution in [2.45, 2.75) is 13.3 Å². The Labute approximate surface area is 141 Å². The van der Waals surface area contributed by atoms with E-state index in [-0.39, 0.29) is 24.8 Å². The molecule has 0 aliphatic carbocycles. The molecule has 5 nitrogen and oxygen atoms in total. The van der Waals surface area contributed by atoms with Crippen molar-refractivity contribution in [3.63, 3.8) is 0 Å². The van der Waals surface area contributed by atoms with Crippen molar-refractivity contribution >= 4 is 29.3 Å². The molecule has 24 heavy (non-hydrogen) atoms. The maximum atomic E-state index is 12.1. The summed E-state index contributed by atoms with van der Waals surface area (Å²) in [5, 5.41) is 5.56. The Bertz CT molecular complexity index is 740.